The van der Waals surface area contributed by atoms with E-state index in [1.807, 2.05) is 30.3 Å². The zero-order valence-corrected chi connectivity index (χ0v) is 8.40. The zero-order valence-electron chi connectivity index (χ0n) is 8.40. The van der Waals surface area contributed by atoms with Crippen LogP contribution in [-0.2, 0) is 6.42 Å². The number of terminal acetylenes is 1. The number of hydrogen-bond acceptors (Lipinski definition) is 1. The van der Waals surface area contributed by atoms with Crippen molar-refractivity contribution in [3.05, 3.63) is 42.0 Å². The van der Waals surface area contributed by atoms with Gasteiger partial charge in [-0.25, -0.2) is 0 Å². The molecule has 0 atom stereocenters. The summed E-state index contributed by atoms with van der Waals surface area (Å²) in [4.78, 5) is 0. The third kappa shape index (κ3) is 1.80. The maximum Gasteiger partial charge on any atom is 0.119 e. The SMILES string of the molecule is C#CCCc1c(O)ccc2ccccc12. The Morgan fingerprint density at radius 2 is 1.93 bits per heavy atom. The lowest BCUT2D eigenvalue weighted by Crippen LogP contribution is -1.87. The second-order valence-electron chi connectivity index (χ2n) is 3.49. The number of fused-ring (bicyclic) bond motifs is 1. The Labute approximate surface area is 89.4 Å². The number of phenolic OH excluding ortho intramolecular Hbond substituents is 1. The van der Waals surface area contributed by atoms with Gasteiger partial charge >= 0.3 is 0 Å². The summed E-state index contributed by atoms with van der Waals surface area (Å²) in [5.74, 6) is 2.93. The molecule has 0 spiro atoms. The molecular weight excluding hydrogens is 184 g/mol. The van der Waals surface area contributed by atoms with Crippen molar-refractivity contribution in [3.63, 3.8) is 0 Å². The van der Waals surface area contributed by atoms with Gasteiger partial charge in [0, 0.05) is 12.0 Å². The quantitative estimate of drug-likeness (QED) is 0.732. The van der Waals surface area contributed by atoms with Gasteiger partial charge in [-0.05, 0) is 23.3 Å². The fraction of sp³-hybridized carbons (Fsp3) is 0.143. The van der Waals surface area contributed by atoms with E-state index in [-0.39, 0.29) is 0 Å². The first-order valence-electron chi connectivity index (χ1n) is 4.96. The Morgan fingerprint density at radius 3 is 2.73 bits per heavy atom. The van der Waals surface area contributed by atoms with Crippen molar-refractivity contribution in [2.45, 2.75) is 12.8 Å². The molecule has 0 amide bonds. The number of aryl methyl sites for hydroxylation is 1. The molecule has 0 aliphatic carbocycles. The number of aromatic hydroxyl groups is 1. The second-order valence-corrected chi connectivity index (χ2v) is 3.49. The molecule has 74 valence electrons. The molecule has 0 aliphatic rings. The minimum atomic E-state index is 0.337. The molecule has 0 radical (unpaired) electrons. The predicted molar refractivity (Wildman–Crippen MR) is 62.8 cm³/mol. The average molecular weight is 196 g/mol. The molecule has 1 nitrogen and oxygen atoms in total. The van der Waals surface area contributed by atoms with Gasteiger partial charge < -0.3 is 5.11 Å². The number of hydrogen-bond donors (Lipinski definition) is 1. The van der Waals surface area contributed by atoms with E-state index in [1.165, 1.54) is 0 Å². The molecule has 2 rings (SSSR count). The third-order valence-electron chi connectivity index (χ3n) is 2.54. The first-order valence-corrected chi connectivity index (χ1v) is 4.96. The van der Waals surface area contributed by atoms with E-state index < -0.39 is 0 Å². The molecule has 1 heteroatoms. The van der Waals surface area contributed by atoms with Crippen molar-refractivity contribution < 1.29 is 5.11 Å². The molecule has 2 aromatic rings. The largest absolute Gasteiger partial charge is 0.508 e. The normalized spacial score (nSPS) is 10.1. The van der Waals surface area contributed by atoms with Crippen LogP contribution in [0.2, 0.25) is 0 Å². The highest BCUT2D eigenvalue weighted by Crippen LogP contribution is 2.27. The van der Waals surface area contributed by atoms with E-state index in [1.54, 1.807) is 6.07 Å². The number of phenols is 1. The highest BCUT2D eigenvalue weighted by atomic mass is 16.3. The van der Waals surface area contributed by atoms with Crippen LogP contribution in [-0.4, -0.2) is 5.11 Å². The van der Waals surface area contributed by atoms with Crippen molar-refractivity contribution in [1.29, 1.82) is 0 Å². The van der Waals surface area contributed by atoms with E-state index in [0.29, 0.717) is 12.2 Å². The van der Waals surface area contributed by atoms with Gasteiger partial charge in [-0.1, -0.05) is 30.3 Å². The smallest absolute Gasteiger partial charge is 0.119 e. The van der Waals surface area contributed by atoms with E-state index >= 15 is 0 Å². The minimum absolute atomic E-state index is 0.337. The van der Waals surface area contributed by atoms with Crippen LogP contribution >= 0.6 is 0 Å². The summed E-state index contributed by atoms with van der Waals surface area (Å²) in [7, 11) is 0. The van der Waals surface area contributed by atoms with Gasteiger partial charge in [-0.2, -0.15) is 0 Å². The van der Waals surface area contributed by atoms with Gasteiger partial charge in [0.2, 0.25) is 0 Å². The molecule has 0 heterocycles. The van der Waals surface area contributed by atoms with Gasteiger partial charge in [-0.3, -0.25) is 0 Å². The van der Waals surface area contributed by atoms with E-state index in [9.17, 15) is 5.11 Å². The molecule has 0 saturated heterocycles. The van der Waals surface area contributed by atoms with Crippen LogP contribution in [0.4, 0.5) is 0 Å². The van der Waals surface area contributed by atoms with Crippen molar-refractivity contribution in [1.82, 2.24) is 0 Å². The predicted octanol–water partition coefficient (Wildman–Crippen LogP) is 3.11. The van der Waals surface area contributed by atoms with E-state index in [4.69, 9.17) is 6.42 Å². The van der Waals surface area contributed by atoms with Crippen molar-refractivity contribution in [3.8, 4) is 18.1 Å². The van der Waals surface area contributed by atoms with Crippen molar-refractivity contribution >= 4 is 10.8 Å². The topological polar surface area (TPSA) is 20.2 Å². The maximum absolute atomic E-state index is 9.77. The first-order chi connectivity index (χ1) is 7.33. The lowest BCUT2D eigenvalue weighted by molar-refractivity contribution is 0.469. The van der Waals surface area contributed by atoms with E-state index in [2.05, 4.69) is 5.92 Å². The van der Waals surface area contributed by atoms with Gasteiger partial charge in [0.25, 0.3) is 0 Å². The second kappa shape index (κ2) is 4.06. The molecule has 1 N–H and O–H groups in total. The van der Waals surface area contributed by atoms with Crippen LogP contribution in [0.1, 0.15) is 12.0 Å². The summed E-state index contributed by atoms with van der Waals surface area (Å²) in [5, 5.41) is 12.0. The molecular formula is C14H12O. The third-order valence-corrected chi connectivity index (χ3v) is 2.54. The highest BCUT2D eigenvalue weighted by Gasteiger charge is 2.05. The van der Waals surface area contributed by atoms with Crippen molar-refractivity contribution in [2.75, 3.05) is 0 Å². The molecule has 0 saturated carbocycles. The van der Waals surface area contributed by atoms with Crippen LogP contribution in [0.25, 0.3) is 10.8 Å². The van der Waals surface area contributed by atoms with Gasteiger partial charge in [0.15, 0.2) is 0 Å². The summed E-state index contributed by atoms with van der Waals surface area (Å²) < 4.78 is 0. The Bertz CT molecular complexity index is 520. The van der Waals surface area contributed by atoms with E-state index in [0.717, 1.165) is 22.8 Å². The molecule has 2 aromatic carbocycles. The Balaban J connectivity index is 2.59. The standard InChI is InChI=1S/C14H12O/c1-2-3-7-13-12-8-5-4-6-11(12)9-10-14(13)15/h1,4-6,8-10,15H,3,7H2. The highest BCUT2D eigenvalue weighted by molar-refractivity contribution is 5.87. The van der Waals surface area contributed by atoms with Gasteiger partial charge in [-0.15, -0.1) is 12.3 Å². The summed E-state index contributed by atoms with van der Waals surface area (Å²) >= 11 is 0. The molecule has 0 aromatic heterocycles. The zero-order chi connectivity index (χ0) is 10.7. The lowest BCUT2D eigenvalue weighted by atomic mass is 10.00. The summed E-state index contributed by atoms with van der Waals surface area (Å²) in [5.41, 5.74) is 0.950. The molecule has 15 heavy (non-hydrogen) atoms. The number of benzene rings is 2. The molecule has 0 aliphatic heterocycles. The van der Waals surface area contributed by atoms with Gasteiger partial charge in [0.1, 0.15) is 5.75 Å². The molecule has 0 bridgehead atoms. The Morgan fingerprint density at radius 1 is 1.13 bits per heavy atom. The fourth-order valence-corrected chi connectivity index (χ4v) is 1.78. The average Bonchev–Trinajstić information content (AvgIpc) is 2.28. The Hall–Kier alpha value is -1.94. The number of rotatable bonds is 2. The molecule has 0 fully saturated rings. The maximum atomic E-state index is 9.77. The monoisotopic (exact) mass is 196 g/mol. The summed E-state index contributed by atoms with van der Waals surface area (Å²) in [6, 6.07) is 11.7. The van der Waals surface area contributed by atoms with Crippen LogP contribution < -0.4 is 0 Å². The minimum Gasteiger partial charge on any atom is -0.508 e. The van der Waals surface area contributed by atoms with Crippen LogP contribution in [0.15, 0.2) is 36.4 Å². The van der Waals surface area contributed by atoms with Crippen LogP contribution in [0.3, 0.4) is 0 Å². The first kappa shape index (κ1) is 9.61. The van der Waals surface area contributed by atoms with Crippen molar-refractivity contribution in [2.24, 2.45) is 0 Å². The molecule has 0 unspecified atom stereocenters. The fourth-order valence-electron chi connectivity index (χ4n) is 1.78. The van der Waals surface area contributed by atoms with Crippen LogP contribution in [0.5, 0.6) is 5.75 Å². The van der Waals surface area contributed by atoms with Gasteiger partial charge in [0.05, 0.1) is 0 Å². The summed E-state index contributed by atoms with van der Waals surface area (Å²) in [6.45, 7) is 0. The lowest BCUT2D eigenvalue weighted by Gasteiger charge is -2.07. The van der Waals surface area contributed by atoms with Crippen LogP contribution in [0, 0.1) is 12.3 Å². The summed E-state index contributed by atoms with van der Waals surface area (Å²) in [6.07, 6.45) is 6.62. The Kier molecular flexibility index (Phi) is 2.60.